The lowest BCUT2D eigenvalue weighted by Gasteiger charge is -2.11. The van der Waals surface area contributed by atoms with Gasteiger partial charge in [0.05, 0.1) is 24.5 Å². The Morgan fingerprint density at radius 3 is 2.80 bits per heavy atom. The highest BCUT2D eigenvalue weighted by Gasteiger charge is 2.19. The van der Waals surface area contributed by atoms with Crippen LogP contribution in [0.2, 0.25) is 5.02 Å². The maximum atomic E-state index is 11.9. The molecular formula is C21H25ClN4O4. The molecule has 1 saturated heterocycles. The van der Waals surface area contributed by atoms with E-state index in [0.29, 0.717) is 23.9 Å². The van der Waals surface area contributed by atoms with Crippen molar-refractivity contribution in [2.75, 3.05) is 20.3 Å². The van der Waals surface area contributed by atoms with Crippen molar-refractivity contribution in [3.63, 3.8) is 0 Å². The average Bonchev–Trinajstić information content (AvgIpc) is 3.34. The third-order valence-electron chi connectivity index (χ3n) is 4.95. The molecule has 8 nitrogen and oxygen atoms in total. The van der Waals surface area contributed by atoms with Crippen molar-refractivity contribution in [3.05, 3.63) is 46.2 Å². The maximum Gasteiger partial charge on any atom is 0.329 e. The van der Waals surface area contributed by atoms with Gasteiger partial charge in [0.15, 0.2) is 0 Å². The molecule has 2 heterocycles. The number of aryl methyl sites for hydroxylation is 1. The van der Waals surface area contributed by atoms with Crippen LogP contribution >= 0.6 is 11.6 Å². The van der Waals surface area contributed by atoms with Crippen LogP contribution in [0.4, 0.5) is 0 Å². The fourth-order valence-electron chi connectivity index (χ4n) is 3.41. The Morgan fingerprint density at radius 1 is 1.33 bits per heavy atom. The number of hydrogen-bond acceptors (Lipinski definition) is 5. The van der Waals surface area contributed by atoms with Crippen molar-refractivity contribution < 1.29 is 19.1 Å². The van der Waals surface area contributed by atoms with E-state index in [-0.39, 0.29) is 6.10 Å². The van der Waals surface area contributed by atoms with E-state index in [1.807, 2.05) is 36.6 Å². The minimum atomic E-state index is -0.819. The van der Waals surface area contributed by atoms with Gasteiger partial charge in [-0.3, -0.25) is 9.59 Å². The number of nitrogens with zero attached hydrogens (tertiary/aromatic N) is 2. The summed E-state index contributed by atoms with van der Waals surface area (Å²) >= 11 is 6.25. The third kappa shape index (κ3) is 5.01. The van der Waals surface area contributed by atoms with Crippen LogP contribution in [0.25, 0.3) is 5.69 Å². The second kappa shape index (κ2) is 9.77. The van der Waals surface area contributed by atoms with E-state index in [1.54, 1.807) is 13.2 Å². The summed E-state index contributed by atoms with van der Waals surface area (Å²) in [6.07, 6.45) is 3.34. The second-order valence-electron chi connectivity index (χ2n) is 7.02. The number of carbonyl (C=O) groups is 2. The molecule has 1 aliphatic heterocycles. The zero-order valence-corrected chi connectivity index (χ0v) is 18.0. The summed E-state index contributed by atoms with van der Waals surface area (Å²) in [6.45, 7) is 4.90. The smallest absolute Gasteiger partial charge is 0.329 e. The Labute approximate surface area is 180 Å². The molecule has 1 fully saturated rings. The lowest BCUT2D eigenvalue weighted by atomic mass is 10.2. The Morgan fingerprint density at radius 2 is 2.13 bits per heavy atom. The van der Waals surface area contributed by atoms with Crippen LogP contribution in [0, 0.1) is 13.8 Å². The molecule has 2 amide bonds. The predicted octanol–water partition coefficient (Wildman–Crippen LogP) is 2.50. The summed E-state index contributed by atoms with van der Waals surface area (Å²) in [5.74, 6) is -0.953. The number of benzene rings is 1. The number of carbonyl (C=O) groups excluding carboxylic acids is 2. The number of hydrazone groups is 1. The molecule has 1 atom stereocenters. The van der Waals surface area contributed by atoms with Gasteiger partial charge in [0.1, 0.15) is 5.75 Å². The molecule has 2 aromatic rings. The Bertz CT molecular complexity index is 964. The summed E-state index contributed by atoms with van der Waals surface area (Å²) < 4.78 is 12.6. The first kappa shape index (κ1) is 21.9. The number of rotatable bonds is 6. The standard InChI is InChI=1S/C21H25ClN4O4/c1-13-9-15(14(2)26(13)16-6-7-19(29-3)18(22)10-16)11-24-25-21(28)20(27)23-12-17-5-4-8-30-17/h6-7,9-11,17H,4-5,8,12H2,1-3H3,(H,23,27)(H,25,28)/b24-11-/t17-/m1/s1. The highest BCUT2D eigenvalue weighted by Crippen LogP contribution is 2.28. The molecule has 0 aliphatic carbocycles. The largest absolute Gasteiger partial charge is 0.495 e. The number of nitrogens with one attached hydrogen (secondary N) is 2. The first-order valence-corrected chi connectivity index (χ1v) is 10.0. The molecule has 1 aromatic heterocycles. The molecule has 0 saturated carbocycles. The van der Waals surface area contributed by atoms with E-state index >= 15 is 0 Å². The summed E-state index contributed by atoms with van der Waals surface area (Å²) in [6, 6.07) is 7.47. The van der Waals surface area contributed by atoms with E-state index in [0.717, 1.165) is 35.5 Å². The van der Waals surface area contributed by atoms with Gasteiger partial charge in [-0.2, -0.15) is 5.10 Å². The van der Waals surface area contributed by atoms with Gasteiger partial charge in [-0.15, -0.1) is 0 Å². The molecule has 160 valence electrons. The zero-order valence-electron chi connectivity index (χ0n) is 17.2. The topological polar surface area (TPSA) is 94.0 Å². The van der Waals surface area contributed by atoms with Gasteiger partial charge < -0.3 is 19.4 Å². The monoisotopic (exact) mass is 432 g/mol. The van der Waals surface area contributed by atoms with Gasteiger partial charge in [-0.1, -0.05) is 11.6 Å². The summed E-state index contributed by atoms with van der Waals surface area (Å²) in [5.41, 5.74) is 5.82. The minimum Gasteiger partial charge on any atom is -0.495 e. The van der Waals surface area contributed by atoms with Crippen molar-refractivity contribution in [1.82, 2.24) is 15.3 Å². The fourth-order valence-corrected chi connectivity index (χ4v) is 3.67. The lowest BCUT2D eigenvalue weighted by molar-refractivity contribution is -0.139. The van der Waals surface area contributed by atoms with Crippen molar-refractivity contribution in [3.8, 4) is 11.4 Å². The molecular weight excluding hydrogens is 408 g/mol. The first-order valence-electron chi connectivity index (χ1n) is 9.66. The Balaban J connectivity index is 1.63. The van der Waals surface area contributed by atoms with Gasteiger partial charge in [0.2, 0.25) is 0 Å². The molecule has 0 radical (unpaired) electrons. The van der Waals surface area contributed by atoms with Gasteiger partial charge in [0, 0.05) is 35.8 Å². The summed E-state index contributed by atoms with van der Waals surface area (Å²) in [4.78, 5) is 23.8. The number of amides is 2. The van der Waals surface area contributed by atoms with Crippen LogP contribution in [0.15, 0.2) is 29.4 Å². The van der Waals surface area contributed by atoms with E-state index in [4.69, 9.17) is 21.1 Å². The molecule has 9 heteroatoms. The van der Waals surface area contributed by atoms with Crippen molar-refractivity contribution in [1.29, 1.82) is 0 Å². The highest BCUT2D eigenvalue weighted by molar-refractivity contribution is 6.35. The maximum absolute atomic E-state index is 11.9. The van der Waals surface area contributed by atoms with Crippen LogP contribution in [0.5, 0.6) is 5.75 Å². The molecule has 3 rings (SSSR count). The zero-order chi connectivity index (χ0) is 21.7. The Hall–Kier alpha value is -2.84. The summed E-state index contributed by atoms with van der Waals surface area (Å²) in [7, 11) is 1.57. The lowest BCUT2D eigenvalue weighted by Crippen LogP contribution is -2.41. The quantitative estimate of drug-likeness (QED) is 0.416. The van der Waals surface area contributed by atoms with E-state index in [1.165, 1.54) is 6.21 Å². The molecule has 30 heavy (non-hydrogen) atoms. The van der Waals surface area contributed by atoms with Crippen molar-refractivity contribution >= 4 is 29.6 Å². The van der Waals surface area contributed by atoms with Crippen LogP contribution in [0.1, 0.15) is 29.8 Å². The molecule has 0 spiro atoms. The number of methoxy groups -OCH3 is 1. The van der Waals surface area contributed by atoms with Gasteiger partial charge in [-0.05, 0) is 51.0 Å². The van der Waals surface area contributed by atoms with Gasteiger partial charge in [-0.25, -0.2) is 5.43 Å². The molecule has 0 bridgehead atoms. The van der Waals surface area contributed by atoms with Crippen molar-refractivity contribution in [2.45, 2.75) is 32.8 Å². The van der Waals surface area contributed by atoms with Crippen LogP contribution in [-0.4, -0.2) is 49.0 Å². The molecule has 1 aliphatic rings. The normalized spacial score (nSPS) is 16.1. The fraction of sp³-hybridized carbons (Fsp3) is 0.381. The SMILES string of the molecule is COc1ccc(-n2c(C)cc(/C=N\NC(=O)C(=O)NC[C@H]3CCCO3)c2C)cc1Cl. The van der Waals surface area contributed by atoms with Gasteiger partial charge in [0.25, 0.3) is 0 Å². The number of hydrogen-bond donors (Lipinski definition) is 2. The van der Waals surface area contributed by atoms with Crippen molar-refractivity contribution in [2.24, 2.45) is 5.10 Å². The van der Waals surface area contributed by atoms with E-state index in [2.05, 4.69) is 15.8 Å². The average molecular weight is 433 g/mol. The second-order valence-corrected chi connectivity index (χ2v) is 7.43. The predicted molar refractivity (Wildman–Crippen MR) is 115 cm³/mol. The van der Waals surface area contributed by atoms with E-state index < -0.39 is 11.8 Å². The Kier molecular flexibility index (Phi) is 7.12. The first-order chi connectivity index (χ1) is 14.4. The molecule has 1 aromatic carbocycles. The van der Waals surface area contributed by atoms with E-state index in [9.17, 15) is 9.59 Å². The number of ether oxygens (including phenoxy) is 2. The van der Waals surface area contributed by atoms with Gasteiger partial charge >= 0.3 is 11.8 Å². The number of halogens is 1. The van der Waals surface area contributed by atoms with Crippen LogP contribution < -0.4 is 15.5 Å². The molecule has 2 N–H and O–H groups in total. The molecule has 0 unspecified atom stereocenters. The van der Waals surface area contributed by atoms with Crippen LogP contribution in [0.3, 0.4) is 0 Å². The third-order valence-corrected chi connectivity index (χ3v) is 5.25. The number of aromatic nitrogens is 1. The minimum absolute atomic E-state index is 0.0258. The summed E-state index contributed by atoms with van der Waals surface area (Å²) in [5, 5.41) is 6.99. The highest BCUT2D eigenvalue weighted by atomic mass is 35.5. The van der Waals surface area contributed by atoms with Crippen LogP contribution in [-0.2, 0) is 14.3 Å².